The predicted octanol–water partition coefficient (Wildman–Crippen LogP) is 1.39. The lowest BCUT2D eigenvalue weighted by molar-refractivity contribution is 0.0927. The maximum Gasteiger partial charge on any atom is 0.251 e. The Hall–Kier alpha value is -2.70. The summed E-state index contributed by atoms with van der Waals surface area (Å²) in [6.45, 7) is 3.55. The van der Waals surface area contributed by atoms with Gasteiger partial charge in [-0.1, -0.05) is 5.21 Å². The second kappa shape index (κ2) is 5.49. The molecule has 0 fully saturated rings. The number of hydrogen-bond donors (Lipinski definition) is 1. The van der Waals surface area contributed by atoms with Crippen LogP contribution in [0.15, 0.2) is 30.6 Å². The van der Waals surface area contributed by atoms with Crippen LogP contribution in [0.5, 0.6) is 0 Å². The van der Waals surface area contributed by atoms with Gasteiger partial charge >= 0.3 is 0 Å². The summed E-state index contributed by atoms with van der Waals surface area (Å²) in [6, 6.07) is 5.67. The van der Waals surface area contributed by atoms with Crippen LogP contribution in [0.3, 0.4) is 0 Å². The molecule has 1 N–H and O–H groups in total. The van der Waals surface area contributed by atoms with Crippen molar-refractivity contribution in [2.24, 2.45) is 0 Å². The number of benzene rings is 1. The number of rotatable bonds is 3. The van der Waals surface area contributed by atoms with Gasteiger partial charge in [0.2, 0.25) is 0 Å². The van der Waals surface area contributed by atoms with E-state index in [4.69, 9.17) is 0 Å². The molecule has 7 nitrogen and oxygen atoms in total. The number of aromatic nitrogens is 5. The van der Waals surface area contributed by atoms with Gasteiger partial charge in [0.15, 0.2) is 0 Å². The van der Waals surface area contributed by atoms with Crippen LogP contribution in [0, 0.1) is 0 Å². The molecule has 1 atom stereocenters. The highest BCUT2D eigenvalue weighted by Crippen LogP contribution is 2.16. The van der Waals surface area contributed by atoms with Crippen LogP contribution in [0.25, 0.3) is 11.0 Å². The van der Waals surface area contributed by atoms with Gasteiger partial charge in [0.1, 0.15) is 11.3 Å². The SMILES string of the molecule is CCn1nnc2cc(C(=O)NC3CCc4nccn4C3)ccc21. The number of carbonyl (C=O) groups excluding carboxylic acids is 1. The number of fused-ring (bicyclic) bond motifs is 2. The molecule has 1 aliphatic heterocycles. The lowest BCUT2D eigenvalue weighted by Gasteiger charge is -2.24. The van der Waals surface area contributed by atoms with Gasteiger partial charge in [-0.25, -0.2) is 9.67 Å². The van der Waals surface area contributed by atoms with E-state index in [2.05, 4.69) is 25.2 Å². The molecule has 23 heavy (non-hydrogen) atoms. The number of amides is 1. The van der Waals surface area contributed by atoms with Crippen molar-refractivity contribution in [2.75, 3.05) is 0 Å². The van der Waals surface area contributed by atoms with Crippen LogP contribution in [0.1, 0.15) is 29.5 Å². The van der Waals surface area contributed by atoms with Gasteiger partial charge in [0, 0.05) is 43.5 Å². The van der Waals surface area contributed by atoms with Gasteiger partial charge in [0.05, 0.1) is 5.52 Å². The Morgan fingerprint density at radius 3 is 3.22 bits per heavy atom. The zero-order valence-electron chi connectivity index (χ0n) is 12.9. The number of nitrogens with one attached hydrogen (secondary N) is 1. The van der Waals surface area contributed by atoms with Crippen LogP contribution in [0.2, 0.25) is 0 Å². The maximum atomic E-state index is 12.5. The highest BCUT2D eigenvalue weighted by Gasteiger charge is 2.21. The Balaban J connectivity index is 1.51. The molecule has 3 heterocycles. The van der Waals surface area contributed by atoms with Gasteiger partial charge in [0.25, 0.3) is 5.91 Å². The third-order valence-electron chi connectivity index (χ3n) is 4.35. The summed E-state index contributed by atoms with van der Waals surface area (Å²) < 4.78 is 3.92. The minimum absolute atomic E-state index is 0.0634. The normalized spacial score (nSPS) is 17.2. The average molecular weight is 310 g/mol. The molecule has 2 aromatic heterocycles. The van der Waals surface area contributed by atoms with E-state index in [1.165, 1.54) is 0 Å². The molecule has 0 radical (unpaired) electrons. The summed E-state index contributed by atoms with van der Waals surface area (Å²) in [5.74, 6) is 1.03. The van der Waals surface area contributed by atoms with Gasteiger partial charge < -0.3 is 9.88 Å². The van der Waals surface area contributed by atoms with Crippen LogP contribution in [-0.4, -0.2) is 36.5 Å². The first-order valence-electron chi connectivity index (χ1n) is 7.88. The first-order valence-corrected chi connectivity index (χ1v) is 7.88. The van der Waals surface area contributed by atoms with Crippen molar-refractivity contribution in [3.05, 3.63) is 42.0 Å². The second-order valence-electron chi connectivity index (χ2n) is 5.81. The fraction of sp³-hybridized carbons (Fsp3) is 0.375. The molecule has 1 aliphatic rings. The van der Waals surface area contributed by atoms with Crippen molar-refractivity contribution < 1.29 is 4.79 Å². The van der Waals surface area contributed by atoms with E-state index in [1.807, 2.05) is 36.1 Å². The molecular formula is C16H18N6O. The highest BCUT2D eigenvalue weighted by molar-refractivity contribution is 5.97. The summed E-state index contributed by atoms with van der Waals surface area (Å²) in [5.41, 5.74) is 2.32. The first-order chi connectivity index (χ1) is 11.2. The molecular weight excluding hydrogens is 292 g/mol. The van der Waals surface area contributed by atoms with E-state index in [0.29, 0.717) is 5.56 Å². The second-order valence-corrected chi connectivity index (χ2v) is 5.81. The number of aryl methyl sites for hydroxylation is 2. The first kappa shape index (κ1) is 13.9. The highest BCUT2D eigenvalue weighted by atomic mass is 16.1. The Labute approximate surface area is 133 Å². The van der Waals surface area contributed by atoms with Crippen molar-refractivity contribution in [3.63, 3.8) is 0 Å². The quantitative estimate of drug-likeness (QED) is 0.793. The standard InChI is InChI=1S/C16H18N6O/c1-2-22-14-5-3-11(9-13(14)19-20-22)16(23)18-12-4-6-15-17-7-8-21(15)10-12/h3,5,7-9,12H,2,4,6,10H2,1H3,(H,18,23). The summed E-state index contributed by atoms with van der Waals surface area (Å²) in [7, 11) is 0. The average Bonchev–Trinajstić information content (AvgIpc) is 3.19. The summed E-state index contributed by atoms with van der Waals surface area (Å²) >= 11 is 0. The van der Waals surface area contributed by atoms with Crippen LogP contribution < -0.4 is 5.32 Å². The largest absolute Gasteiger partial charge is 0.347 e. The van der Waals surface area contributed by atoms with Crippen LogP contribution in [0.4, 0.5) is 0 Å². The van der Waals surface area contributed by atoms with E-state index in [9.17, 15) is 4.79 Å². The van der Waals surface area contributed by atoms with Crippen molar-refractivity contribution in [1.82, 2.24) is 29.9 Å². The number of hydrogen-bond acceptors (Lipinski definition) is 4. The van der Waals surface area contributed by atoms with Gasteiger partial charge in [-0.2, -0.15) is 0 Å². The minimum Gasteiger partial charge on any atom is -0.347 e. The lowest BCUT2D eigenvalue weighted by Crippen LogP contribution is -2.40. The third-order valence-corrected chi connectivity index (χ3v) is 4.35. The van der Waals surface area contributed by atoms with E-state index in [0.717, 1.165) is 42.8 Å². The molecule has 118 valence electrons. The monoisotopic (exact) mass is 310 g/mol. The predicted molar refractivity (Wildman–Crippen MR) is 85.0 cm³/mol. The smallest absolute Gasteiger partial charge is 0.251 e. The molecule has 0 bridgehead atoms. The third kappa shape index (κ3) is 2.48. The van der Waals surface area contributed by atoms with Crippen molar-refractivity contribution in [2.45, 2.75) is 38.9 Å². The molecule has 7 heteroatoms. The van der Waals surface area contributed by atoms with Crippen LogP contribution >= 0.6 is 0 Å². The Morgan fingerprint density at radius 1 is 1.43 bits per heavy atom. The number of nitrogens with zero attached hydrogens (tertiary/aromatic N) is 5. The fourth-order valence-electron chi connectivity index (χ4n) is 3.10. The molecule has 4 rings (SSSR count). The van der Waals surface area contributed by atoms with Crippen molar-refractivity contribution >= 4 is 16.9 Å². The molecule has 0 saturated heterocycles. The van der Waals surface area contributed by atoms with E-state index >= 15 is 0 Å². The maximum absolute atomic E-state index is 12.5. The topological polar surface area (TPSA) is 77.6 Å². The number of imidazole rings is 1. The van der Waals surface area contributed by atoms with Gasteiger partial charge in [-0.3, -0.25) is 4.79 Å². The van der Waals surface area contributed by atoms with Gasteiger partial charge in [-0.05, 0) is 31.5 Å². The molecule has 0 aliphatic carbocycles. The molecule has 1 amide bonds. The Kier molecular flexibility index (Phi) is 3.33. The zero-order chi connectivity index (χ0) is 15.8. The molecule has 1 unspecified atom stereocenters. The Bertz CT molecular complexity index is 864. The molecule has 0 saturated carbocycles. The summed E-state index contributed by atoms with van der Waals surface area (Å²) in [6.07, 6.45) is 5.58. The lowest BCUT2D eigenvalue weighted by atomic mass is 10.1. The fourth-order valence-corrected chi connectivity index (χ4v) is 3.10. The van der Waals surface area contributed by atoms with Crippen molar-refractivity contribution in [1.29, 1.82) is 0 Å². The van der Waals surface area contributed by atoms with E-state index in [-0.39, 0.29) is 11.9 Å². The van der Waals surface area contributed by atoms with Crippen LogP contribution in [-0.2, 0) is 19.5 Å². The molecule has 0 spiro atoms. The van der Waals surface area contributed by atoms with Gasteiger partial charge in [-0.15, -0.1) is 5.10 Å². The molecule has 1 aromatic carbocycles. The summed E-state index contributed by atoms with van der Waals surface area (Å²) in [5, 5.41) is 11.3. The van der Waals surface area contributed by atoms with Crippen molar-refractivity contribution in [3.8, 4) is 0 Å². The van der Waals surface area contributed by atoms with E-state index in [1.54, 1.807) is 6.07 Å². The number of carbonyl (C=O) groups is 1. The minimum atomic E-state index is -0.0634. The zero-order valence-corrected chi connectivity index (χ0v) is 12.9. The summed E-state index contributed by atoms with van der Waals surface area (Å²) in [4.78, 5) is 16.8. The molecule has 3 aromatic rings. The van der Waals surface area contributed by atoms with E-state index < -0.39 is 0 Å². The Morgan fingerprint density at radius 2 is 2.35 bits per heavy atom.